The van der Waals surface area contributed by atoms with Crippen molar-refractivity contribution in [3.63, 3.8) is 0 Å². The summed E-state index contributed by atoms with van der Waals surface area (Å²) in [6.07, 6.45) is 3.59. The molecule has 29 heavy (non-hydrogen) atoms. The molecule has 2 aromatic carbocycles. The van der Waals surface area contributed by atoms with Gasteiger partial charge in [-0.15, -0.1) is 0 Å². The second-order valence-electron chi connectivity index (χ2n) is 6.91. The molecule has 1 aliphatic rings. The van der Waals surface area contributed by atoms with Crippen molar-refractivity contribution in [2.75, 3.05) is 27.3 Å². The number of hydrogen-bond donors (Lipinski definition) is 1. The van der Waals surface area contributed by atoms with Crippen LogP contribution in [0.1, 0.15) is 36.0 Å². The van der Waals surface area contributed by atoms with Crippen LogP contribution in [0.2, 0.25) is 0 Å². The zero-order valence-corrected chi connectivity index (χ0v) is 17.4. The number of rotatable bonds is 6. The van der Waals surface area contributed by atoms with E-state index in [1.807, 2.05) is 0 Å². The second kappa shape index (κ2) is 8.84. The Morgan fingerprint density at radius 2 is 1.69 bits per heavy atom. The molecule has 0 aliphatic carbocycles. The Bertz CT molecular complexity index is 994. The lowest BCUT2D eigenvalue weighted by Crippen LogP contribution is -2.32. The number of carboxylic acid groups (broad SMARTS) is 1. The van der Waals surface area contributed by atoms with Crippen molar-refractivity contribution in [3.8, 4) is 22.6 Å². The first-order chi connectivity index (χ1) is 13.9. The van der Waals surface area contributed by atoms with E-state index in [-0.39, 0.29) is 10.5 Å². The Labute approximate surface area is 170 Å². The predicted molar refractivity (Wildman–Crippen MR) is 109 cm³/mol. The average Bonchev–Trinajstić information content (AvgIpc) is 3.02. The molecule has 1 N–H and O–H groups in total. The Morgan fingerprint density at radius 3 is 2.28 bits per heavy atom. The van der Waals surface area contributed by atoms with Crippen LogP contribution < -0.4 is 9.47 Å². The third-order valence-corrected chi connectivity index (χ3v) is 6.95. The standard InChI is InChI=1S/C21H25NO6S/c1-27-19-9-7-8-18(20(19)28-2)15-12-16(21(23)24)14-17(13-15)29(25,26)22-10-5-3-4-6-11-22/h7-9,12-14H,3-6,10-11H2,1-2H3,(H,23,24). The normalized spacial score (nSPS) is 15.5. The van der Waals surface area contributed by atoms with Crippen LogP contribution in [0.15, 0.2) is 41.3 Å². The number of para-hydroxylation sites is 1. The molecule has 0 aromatic heterocycles. The van der Waals surface area contributed by atoms with Gasteiger partial charge in [0.05, 0.1) is 24.7 Å². The summed E-state index contributed by atoms with van der Waals surface area (Å²) in [5, 5.41) is 9.56. The molecule has 1 saturated heterocycles. The maximum Gasteiger partial charge on any atom is 0.335 e. The molecule has 8 heteroatoms. The van der Waals surface area contributed by atoms with Gasteiger partial charge < -0.3 is 14.6 Å². The third kappa shape index (κ3) is 4.38. The second-order valence-corrected chi connectivity index (χ2v) is 8.85. The molecule has 156 valence electrons. The van der Waals surface area contributed by atoms with E-state index in [2.05, 4.69) is 0 Å². The molecule has 0 bridgehead atoms. The number of aromatic carboxylic acids is 1. The summed E-state index contributed by atoms with van der Waals surface area (Å²) in [6.45, 7) is 0.884. The van der Waals surface area contributed by atoms with E-state index < -0.39 is 16.0 Å². The molecule has 0 amide bonds. The zero-order chi connectivity index (χ0) is 21.0. The minimum Gasteiger partial charge on any atom is -0.493 e. The van der Waals surface area contributed by atoms with Gasteiger partial charge in [0, 0.05) is 18.7 Å². The van der Waals surface area contributed by atoms with E-state index >= 15 is 0 Å². The van der Waals surface area contributed by atoms with Crippen LogP contribution >= 0.6 is 0 Å². The molecule has 3 rings (SSSR count). The number of benzene rings is 2. The van der Waals surface area contributed by atoms with Crippen LogP contribution in [0.5, 0.6) is 11.5 Å². The van der Waals surface area contributed by atoms with Crippen LogP contribution in [0.4, 0.5) is 0 Å². The number of sulfonamides is 1. The van der Waals surface area contributed by atoms with Gasteiger partial charge in [-0.3, -0.25) is 0 Å². The number of carboxylic acids is 1. The monoisotopic (exact) mass is 419 g/mol. The number of carbonyl (C=O) groups is 1. The summed E-state index contributed by atoms with van der Waals surface area (Å²) in [5.41, 5.74) is 0.900. The highest BCUT2D eigenvalue weighted by atomic mass is 32.2. The Balaban J connectivity index is 2.16. The van der Waals surface area contributed by atoms with Crippen molar-refractivity contribution in [3.05, 3.63) is 42.0 Å². The minimum absolute atomic E-state index is 0.0285. The highest BCUT2D eigenvalue weighted by molar-refractivity contribution is 7.89. The Kier molecular flexibility index (Phi) is 6.44. The zero-order valence-electron chi connectivity index (χ0n) is 16.6. The van der Waals surface area contributed by atoms with Crippen LogP contribution in [-0.2, 0) is 10.0 Å². The lowest BCUT2D eigenvalue weighted by atomic mass is 10.0. The fourth-order valence-electron chi connectivity index (χ4n) is 3.57. The smallest absolute Gasteiger partial charge is 0.335 e. The SMILES string of the molecule is COc1cccc(-c2cc(C(=O)O)cc(S(=O)(=O)N3CCCCCC3)c2)c1OC. The van der Waals surface area contributed by atoms with Crippen LogP contribution in [-0.4, -0.2) is 51.1 Å². The van der Waals surface area contributed by atoms with Gasteiger partial charge in [-0.05, 0) is 42.7 Å². The maximum absolute atomic E-state index is 13.3. The lowest BCUT2D eigenvalue weighted by Gasteiger charge is -2.21. The van der Waals surface area contributed by atoms with Crippen molar-refractivity contribution in [1.82, 2.24) is 4.31 Å². The first-order valence-electron chi connectivity index (χ1n) is 9.48. The Hall–Kier alpha value is -2.58. The topological polar surface area (TPSA) is 93.1 Å². The van der Waals surface area contributed by atoms with E-state index in [1.54, 1.807) is 18.2 Å². The maximum atomic E-state index is 13.3. The van der Waals surface area contributed by atoms with Crippen molar-refractivity contribution >= 4 is 16.0 Å². The molecule has 0 spiro atoms. The highest BCUT2D eigenvalue weighted by Gasteiger charge is 2.27. The molecule has 0 saturated carbocycles. The summed E-state index contributed by atoms with van der Waals surface area (Å²) < 4.78 is 38.7. The third-order valence-electron chi connectivity index (χ3n) is 5.07. The van der Waals surface area contributed by atoms with E-state index in [4.69, 9.17) is 9.47 Å². The first kappa shape index (κ1) is 21.1. The van der Waals surface area contributed by atoms with Gasteiger partial charge in [0.15, 0.2) is 11.5 Å². The summed E-state index contributed by atoms with van der Waals surface area (Å²) >= 11 is 0. The molecule has 1 aliphatic heterocycles. The Morgan fingerprint density at radius 1 is 1.00 bits per heavy atom. The van der Waals surface area contributed by atoms with Gasteiger partial charge in [-0.2, -0.15) is 4.31 Å². The highest BCUT2D eigenvalue weighted by Crippen LogP contribution is 2.39. The van der Waals surface area contributed by atoms with Gasteiger partial charge in [-0.25, -0.2) is 13.2 Å². The molecule has 2 aromatic rings. The van der Waals surface area contributed by atoms with Crippen molar-refractivity contribution in [1.29, 1.82) is 0 Å². The van der Waals surface area contributed by atoms with E-state index in [0.29, 0.717) is 35.7 Å². The molecule has 0 radical (unpaired) electrons. The largest absolute Gasteiger partial charge is 0.493 e. The quantitative estimate of drug-likeness (QED) is 0.768. The van der Waals surface area contributed by atoms with Crippen LogP contribution in [0, 0.1) is 0 Å². The van der Waals surface area contributed by atoms with Crippen LogP contribution in [0.25, 0.3) is 11.1 Å². The summed E-state index contributed by atoms with van der Waals surface area (Å²) in [6, 6.07) is 9.37. The van der Waals surface area contributed by atoms with E-state index in [9.17, 15) is 18.3 Å². The summed E-state index contributed by atoms with van der Waals surface area (Å²) in [7, 11) is -0.821. The van der Waals surface area contributed by atoms with Gasteiger partial charge in [0.2, 0.25) is 10.0 Å². The predicted octanol–water partition coefficient (Wildman–Crippen LogP) is 3.63. The number of nitrogens with zero attached hydrogens (tertiary/aromatic N) is 1. The molecular weight excluding hydrogens is 394 g/mol. The van der Waals surface area contributed by atoms with Crippen LogP contribution in [0.3, 0.4) is 0 Å². The number of hydrogen-bond acceptors (Lipinski definition) is 5. The molecular formula is C21H25NO6S. The van der Waals surface area contributed by atoms with Crippen molar-refractivity contribution < 1.29 is 27.8 Å². The fourth-order valence-corrected chi connectivity index (χ4v) is 5.16. The lowest BCUT2D eigenvalue weighted by molar-refractivity contribution is 0.0696. The molecule has 7 nitrogen and oxygen atoms in total. The minimum atomic E-state index is -3.81. The molecule has 1 heterocycles. The molecule has 1 fully saturated rings. The molecule has 0 unspecified atom stereocenters. The molecule has 0 atom stereocenters. The van der Waals surface area contributed by atoms with Gasteiger partial charge in [0.25, 0.3) is 0 Å². The number of ether oxygens (including phenoxy) is 2. The summed E-state index contributed by atoms with van der Waals surface area (Å²) in [4.78, 5) is 11.7. The van der Waals surface area contributed by atoms with Crippen molar-refractivity contribution in [2.45, 2.75) is 30.6 Å². The van der Waals surface area contributed by atoms with E-state index in [1.165, 1.54) is 36.7 Å². The number of methoxy groups -OCH3 is 2. The fraction of sp³-hybridized carbons (Fsp3) is 0.381. The average molecular weight is 419 g/mol. The first-order valence-corrected chi connectivity index (χ1v) is 10.9. The summed E-state index contributed by atoms with van der Waals surface area (Å²) in [5.74, 6) is -0.306. The van der Waals surface area contributed by atoms with Gasteiger partial charge >= 0.3 is 5.97 Å². The van der Waals surface area contributed by atoms with Gasteiger partial charge in [-0.1, -0.05) is 25.0 Å². The van der Waals surface area contributed by atoms with Crippen molar-refractivity contribution in [2.24, 2.45) is 0 Å². The van der Waals surface area contributed by atoms with E-state index in [0.717, 1.165) is 25.7 Å². The van der Waals surface area contributed by atoms with Gasteiger partial charge in [0.1, 0.15) is 0 Å².